The summed E-state index contributed by atoms with van der Waals surface area (Å²) in [6.07, 6.45) is 7.01. The first-order valence-electron chi connectivity index (χ1n) is 13.1. The van der Waals surface area contributed by atoms with E-state index in [0.717, 1.165) is 48.6 Å². The summed E-state index contributed by atoms with van der Waals surface area (Å²) in [6.45, 7) is 0. The smallest absolute Gasteiger partial charge is 0.248 e. The van der Waals surface area contributed by atoms with Crippen molar-refractivity contribution in [1.82, 2.24) is 10.3 Å². The largest absolute Gasteiger partial charge is 0.497 e. The SMILES string of the molecule is COc1cccc(N(C(=O)Cc2c[nH]c3ccccc23)C(C(=O)NC2CCCCC2)c2ccc(F)cc2)c1. The molecule has 0 bridgehead atoms. The highest BCUT2D eigenvalue weighted by molar-refractivity contribution is 6.03. The van der Waals surface area contributed by atoms with Gasteiger partial charge >= 0.3 is 0 Å². The van der Waals surface area contributed by atoms with Crippen molar-refractivity contribution >= 4 is 28.4 Å². The summed E-state index contributed by atoms with van der Waals surface area (Å²) in [5, 5.41) is 4.15. The first-order valence-corrected chi connectivity index (χ1v) is 13.1. The van der Waals surface area contributed by atoms with Crippen LogP contribution in [0.2, 0.25) is 0 Å². The predicted octanol–water partition coefficient (Wildman–Crippen LogP) is 6.08. The van der Waals surface area contributed by atoms with Gasteiger partial charge in [-0.05, 0) is 54.3 Å². The third kappa shape index (κ3) is 5.57. The number of hydrogen-bond donors (Lipinski definition) is 2. The molecule has 1 atom stereocenters. The van der Waals surface area contributed by atoms with E-state index in [1.165, 1.54) is 17.0 Å². The van der Waals surface area contributed by atoms with E-state index in [-0.39, 0.29) is 24.3 Å². The molecule has 0 aliphatic heterocycles. The zero-order valence-electron chi connectivity index (χ0n) is 21.5. The highest BCUT2D eigenvalue weighted by Crippen LogP contribution is 2.32. The summed E-state index contributed by atoms with van der Waals surface area (Å²) in [7, 11) is 1.56. The van der Waals surface area contributed by atoms with Crippen LogP contribution in [-0.4, -0.2) is 29.9 Å². The van der Waals surface area contributed by atoms with Crippen molar-refractivity contribution in [1.29, 1.82) is 0 Å². The van der Waals surface area contributed by atoms with E-state index < -0.39 is 11.9 Å². The molecule has 2 N–H and O–H groups in total. The van der Waals surface area contributed by atoms with Crippen LogP contribution < -0.4 is 15.0 Å². The fourth-order valence-electron chi connectivity index (χ4n) is 5.31. The van der Waals surface area contributed by atoms with Gasteiger partial charge < -0.3 is 15.0 Å². The molecule has 1 heterocycles. The third-order valence-electron chi connectivity index (χ3n) is 7.26. The molecule has 3 aromatic carbocycles. The number of H-pyrrole nitrogens is 1. The Kier molecular flexibility index (Phi) is 7.73. The third-order valence-corrected chi connectivity index (χ3v) is 7.26. The quantitative estimate of drug-likeness (QED) is 0.300. The molecule has 38 heavy (non-hydrogen) atoms. The number of carbonyl (C=O) groups excluding carboxylic acids is 2. The minimum absolute atomic E-state index is 0.0510. The molecule has 1 aliphatic carbocycles. The Labute approximate surface area is 221 Å². The Balaban J connectivity index is 1.57. The van der Waals surface area contributed by atoms with Gasteiger partial charge in [0.15, 0.2) is 0 Å². The second-order valence-corrected chi connectivity index (χ2v) is 9.80. The molecule has 1 fully saturated rings. The molecule has 1 aliphatic rings. The number of nitrogens with one attached hydrogen (secondary N) is 2. The van der Waals surface area contributed by atoms with Crippen LogP contribution in [0.15, 0.2) is 79.0 Å². The molecule has 6 nitrogen and oxygen atoms in total. The van der Waals surface area contributed by atoms with Crippen molar-refractivity contribution in [2.45, 2.75) is 50.6 Å². The van der Waals surface area contributed by atoms with Gasteiger partial charge in [0.1, 0.15) is 17.6 Å². The summed E-state index contributed by atoms with van der Waals surface area (Å²) in [5.41, 5.74) is 2.84. The normalized spacial score (nSPS) is 14.7. The maximum absolute atomic E-state index is 14.1. The van der Waals surface area contributed by atoms with E-state index >= 15 is 0 Å². The first-order chi connectivity index (χ1) is 18.5. The number of fused-ring (bicyclic) bond motifs is 1. The zero-order valence-corrected chi connectivity index (χ0v) is 21.5. The molecule has 1 aromatic heterocycles. The Morgan fingerprint density at radius 3 is 2.55 bits per heavy atom. The van der Waals surface area contributed by atoms with Crippen LogP contribution in [0.4, 0.5) is 10.1 Å². The maximum atomic E-state index is 14.1. The maximum Gasteiger partial charge on any atom is 0.248 e. The lowest BCUT2D eigenvalue weighted by Gasteiger charge is -2.33. The number of anilines is 1. The first kappa shape index (κ1) is 25.5. The lowest BCUT2D eigenvalue weighted by Crippen LogP contribution is -2.47. The summed E-state index contributed by atoms with van der Waals surface area (Å²) in [6, 6.07) is 19.8. The van der Waals surface area contributed by atoms with Crippen molar-refractivity contribution in [3.05, 3.63) is 95.9 Å². The van der Waals surface area contributed by atoms with E-state index in [4.69, 9.17) is 4.74 Å². The van der Waals surface area contributed by atoms with E-state index in [2.05, 4.69) is 10.3 Å². The molecule has 4 aromatic rings. The highest BCUT2D eigenvalue weighted by atomic mass is 19.1. The van der Waals surface area contributed by atoms with Gasteiger partial charge in [0.05, 0.1) is 13.5 Å². The number of amides is 2. The number of carbonyl (C=O) groups is 2. The monoisotopic (exact) mass is 513 g/mol. The van der Waals surface area contributed by atoms with E-state index in [1.54, 1.807) is 43.5 Å². The van der Waals surface area contributed by atoms with Gasteiger partial charge in [0.2, 0.25) is 11.8 Å². The Hall–Kier alpha value is -4.13. The number of para-hydroxylation sites is 1. The number of hydrogen-bond acceptors (Lipinski definition) is 3. The number of halogens is 1. The van der Waals surface area contributed by atoms with Gasteiger partial charge in [-0.25, -0.2) is 4.39 Å². The van der Waals surface area contributed by atoms with E-state index in [1.807, 2.05) is 30.5 Å². The molecular formula is C31H32FN3O3. The summed E-state index contributed by atoms with van der Waals surface area (Å²) >= 11 is 0. The fourth-order valence-corrected chi connectivity index (χ4v) is 5.31. The van der Waals surface area contributed by atoms with Crippen LogP contribution >= 0.6 is 0 Å². The molecule has 196 valence electrons. The van der Waals surface area contributed by atoms with Crippen LogP contribution in [-0.2, 0) is 16.0 Å². The van der Waals surface area contributed by atoms with E-state index in [9.17, 15) is 14.0 Å². The average molecular weight is 514 g/mol. The standard InChI is InChI=1S/C31H32FN3O3/c1-38-26-11-7-10-25(19-26)35(29(36)18-22-20-33-28-13-6-5-12-27(22)28)30(21-14-16-23(32)17-15-21)31(37)34-24-8-3-2-4-9-24/h5-7,10-17,19-20,24,30,33H,2-4,8-9,18H2,1H3,(H,34,37). The average Bonchev–Trinajstić information content (AvgIpc) is 3.35. The van der Waals surface area contributed by atoms with Crippen molar-refractivity contribution < 1.29 is 18.7 Å². The lowest BCUT2D eigenvalue weighted by molar-refractivity contribution is -0.127. The number of aromatic amines is 1. The van der Waals surface area contributed by atoms with Gasteiger partial charge in [-0.15, -0.1) is 0 Å². The van der Waals surface area contributed by atoms with Crippen molar-refractivity contribution in [2.24, 2.45) is 0 Å². The van der Waals surface area contributed by atoms with Crippen LogP contribution in [0.3, 0.4) is 0 Å². The predicted molar refractivity (Wildman–Crippen MR) is 147 cm³/mol. The molecule has 1 saturated carbocycles. The Bertz CT molecular complexity index is 1410. The van der Waals surface area contributed by atoms with Gasteiger partial charge in [-0.2, -0.15) is 0 Å². The minimum Gasteiger partial charge on any atom is -0.497 e. The molecule has 1 unspecified atom stereocenters. The molecule has 7 heteroatoms. The van der Waals surface area contributed by atoms with Crippen molar-refractivity contribution in [3.63, 3.8) is 0 Å². The van der Waals surface area contributed by atoms with Crippen molar-refractivity contribution in [2.75, 3.05) is 12.0 Å². The molecule has 0 radical (unpaired) electrons. The Morgan fingerprint density at radius 1 is 1.03 bits per heavy atom. The number of methoxy groups -OCH3 is 1. The molecule has 0 spiro atoms. The summed E-state index contributed by atoms with van der Waals surface area (Å²) < 4.78 is 19.3. The Morgan fingerprint density at radius 2 is 1.79 bits per heavy atom. The van der Waals surface area contributed by atoms with Gasteiger partial charge in [0, 0.05) is 34.9 Å². The second-order valence-electron chi connectivity index (χ2n) is 9.80. The van der Waals surface area contributed by atoms with Crippen LogP contribution in [0, 0.1) is 5.82 Å². The van der Waals surface area contributed by atoms with Gasteiger partial charge in [-0.1, -0.05) is 55.7 Å². The number of rotatable bonds is 8. The number of aromatic nitrogens is 1. The van der Waals surface area contributed by atoms with Crippen molar-refractivity contribution in [3.8, 4) is 5.75 Å². The molecular weight excluding hydrogens is 481 g/mol. The summed E-state index contributed by atoms with van der Waals surface area (Å²) in [4.78, 5) is 32.8. The zero-order chi connectivity index (χ0) is 26.5. The van der Waals surface area contributed by atoms with Crippen LogP contribution in [0.5, 0.6) is 5.75 Å². The second kappa shape index (κ2) is 11.5. The molecule has 0 saturated heterocycles. The number of ether oxygens (including phenoxy) is 1. The van der Waals surface area contributed by atoms with Gasteiger partial charge in [-0.3, -0.25) is 14.5 Å². The summed E-state index contributed by atoms with van der Waals surface area (Å²) in [5.74, 6) is -0.370. The lowest BCUT2D eigenvalue weighted by atomic mass is 9.94. The topological polar surface area (TPSA) is 74.4 Å². The molecule has 2 amide bonds. The molecule has 5 rings (SSSR count). The fraction of sp³-hybridized carbons (Fsp3) is 0.290. The van der Waals surface area contributed by atoms with E-state index in [0.29, 0.717) is 17.0 Å². The number of nitrogens with zero attached hydrogens (tertiary/aromatic N) is 1. The van der Waals surface area contributed by atoms with Gasteiger partial charge in [0.25, 0.3) is 0 Å². The van der Waals surface area contributed by atoms with Crippen LogP contribution in [0.25, 0.3) is 10.9 Å². The minimum atomic E-state index is -0.984. The number of benzene rings is 3. The van der Waals surface area contributed by atoms with Crippen LogP contribution in [0.1, 0.15) is 49.3 Å². The highest BCUT2D eigenvalue weighted by Gasteiger charge is 2.34.